The Labute approximate surface area is 126 Å². The molecule has 21 heavy (non-hydrogen) atoms. The van der Waals surface area contributed by atoms with E-state index < -0.39 is 0 Å². The predicted octanol–water partition coefficient (Wildman–Crippen LogP) is 2.39. The second-order valence-corrected chi connectivity index (χ2v) is 6.13. The number of primary amides is 1. The summed E-state index contributed by atoms with van der Waals surface area (Å²) in [5, 5.41) is 10.4. The second-order valence-electron chi connectivity index (χ2n) is 5.19. The van der Waals surface area contributed by atoms with E-state index in [1.54, 1.807) is 0 Å². The normalized spacial score (nSPS) is 11.4. The SMILES string of the molecule is Cc1ccc(C)c2c1cc(C)c1nnc(SCC(N)=O)n12. The Morgan fingerprint density at radius 2 is 1.90 bits per heavy atom. The van der Waals surface area contributed by atoms with Gasteiger partial charge in [-0.25, -0.2) is 0 Å². The average Bonchev–Trinajstić information content (AvgIpc) is 2.85. The van der Waals surface area contributed by atoms with E-state index in [0.717, 1.165) is 22.3 Å². The first-order chi connectivity index (χ1) is 9.99. The van der Waals surface area contributed by atoms with E-state index in [4.69, 9.17) is 5.73 Å². The molecule has 1 aromatic carbocycles. The van der Waals surface area contributed by atoms with Crippen molar-refractivity contribution >= 4 is 34.2 Å². The molecular weight excluding hydrogens is 284 g/mol. The fraction of sp³-hybridized carbons (Fsp3) is 0.267. The van der Waals surface area contributed by atoms with Crippen molar-refractivity contribution in [1.29, 1.82) is 0 Å². The molecule has 0 bridgehead atoms. The zero-order valence-corrected chi connectivity index (χ0v) is 13.0. The van der Waals surface area contributed by atoms with Crippen molar-refractivity contribution in [2.75, 3.05) is 5.75 Å². The van der Waals surface area contributed by atoms with Crippen LogP contribution < -0.4 is 5.73 Å². The smallest absolute Gasteiger partial charge is 0.227 e. The number of carbonyl (C=O) groups is 1. The first-order valence-corrected chi connectivity index (χ1v) is 7.63. The lowest BCUT2D eigenvalue weighted by molar-refractivity contribution is -0.115. The number of rotatable bonds is 3. The van der Waals surface area contributed by atoms with Gasteiger partial charge in [0.05, 0.1) is 11.3 Å². The van der Waals surface area contributed by atoms with Gasteiger partial charge in [-0.05, 0) is 43.5 Å². The van der Waals surface area contributed by atoms with E-state index in [2.05, 4.69) is 42.2 Å². The minimum Gasteiger partial charge on any atom is -0.369 e. The van der Waals surface area contributed by atoms with Gasteiger partial charge in [0.2, 0.25) is 5.91 Å². The molecule has 0 radical (unpaired) electrons. The Morgan fingerprint density at radius 3 is 2.62 bits per heavy atom. The third kappa shape index (κ3) is 2.25. The number of fused-ring (bicyclic) bond motifs is 3. The molecule has 3 rings (SSSR count). The van der Waals surface area contributed by atoms with Crippen molar-refractivity contribution in [2.24, 2.45) is 5.73 Å². The van der Waals surface area contributed by atoms with Gasteiger partial charge in [-0.3, -0.25) is 9.20 Å². The number of carbonyl (C=O) groups excluding carboxylic acids is 1. The molecule has 108 valence electrons. The standard InChI is InChI=1S/C15H16N4OS/c1-8-4-5-9(2)13-11(8)6-10(3)14-17-18-15(19(13)14)21-7-12(16)20/h4-6H,7H2,1-3H3,(H2,16,20). The van der Waals surface area contributed by atoms with Crippen molar-refractivity contribution in [2.45, 2.75) is 25.9 Å². The number of pyridine rings is 1. The van der Waals surface area contributed by atoms with Crippen LogP contribution in [0.3, 0.4) is 0 Å². The van der Waals surface area contributed by atoms with Crippen LogP contribution in [0.1, 0.15) is 16.7 Å². The van der Waals surface area contributed by atoms with Crippen molar-refractivity contribution in [1.82, 2.24) is 14.6 Å². The molecule has 0 aliphatic carbocycles. The maximum atomic E-state index is 11.0. The summed E-state index contributed by atoms with van der Waals surface area (Å²) in [5.41, 5.74) is 10.6. The Balaban J connectivity index is 2.37. The molecule has 3 aromatic rings. The van der Waals surface area contributed by atoms with Crippen molar-refractivity contribution < 1.29 is 4.79 Å². The summed E-state index contributed by atoms with van der Waals surface area (Å²) in [6, 6.07) is 6.35. The lowest BCUT2D eigenvalue weighted by atomic mass is 10.0. The topological polar surface area (TPSA) is 73.3 Å². The van der Waals surface area contributed by atoms with Crippen LogP contribution in [-0.4, -0.2) is 26.3 Å². The number of benzene rings is 1. The Hall–Kier alpha value is -2.08. The monoisotopic (exact) mass is 300 g/mol. The summed E-state index contributed by atoms with van der Waals surface area (Å²) in [4.78, 5) is 11.0. The van der Waals surface area contributed by atoms with E-state index in [9.17, 15) is 4.79 Å². The zero-order valence-electron chi connectivity index (χ0n) is 12.2. The van der Waals surface area contributed by atoms with Crippen LogP contribution in [0.2, 0.25) is 0 Å². The van der Waals surface area contributed by atoms with Gasteiger partial charge in [-0.1, -0.05) is 23.9 Å². The van der Waals surface area contributed by atoms with Gasteiger partial charge in [0.1, 0.15) is 0 Å². The minimum atomic E-state index is -0.360. The molecule has 2 N–H and O–H groups in total. The molecule has 1 amide bonds. The highest BCUT2D eigenvalue weighted by atomic mass is 32.2. The first kappa shape index (κ1) is 13.9. The fourth-order valence-corrected chi connectivity index (χ4v) is 3.21. The quantitative estimate of drug-likeness (QED) is 0.754. The van der Waals surface area contributed by atoms with E-state index in [0.29, 0.717) is 5.16 Å². The molecule has 6 heteroatoms. The van der Waals surface area contributed by atoms with Crippen LogP contribution in [-0.2, 0) is 4.79 Å². The summed E-state index contributed by atoms with van der Waals surface area (Å²) >= 11 is 1.32. The van der Waals surface area contributed by atoms with Gasteiger partial charge < -0.3 is 5.73 Å². The molecule has 0 atom stereocenters. The molecule has 0 saturated heterocycles. The van der Waals surface area contributed by atoms with Crippen LogP contribution in [0.25, 0.3) is 16.6 Å². The van der Waals surface area contributed by atoms with Crippen LogP contribution in [0, 0.1) is 20.8 Å². The maximum Gasteiger partial charge on any atom is 0.227 e. The third-order valence-corrected chi connectivity index (χ3v) is 4.50. The van der Waals surface area contributed by atoms with Gasteiger partial charge >= 0.3 is 0 Å². The summed E-state index contributed by atoms with van der Waals surface area (Å²) in [5.74, 6) is -0.164. The van der Waals surface area contributed by atoms with E-state index in [1.165, 1.54) is 22.7 Å². The van der Waals surface area contributed by atoms with Gasteiger partial charge in [-0.15, -0.1) is 10.2 Å². The second kappa shape index (κ2) is 5.04. The number of thioether (sulfide) groups is 1. The number of nitrogens with zero attached hydrogens (tertiary/aromatic N) is 3. The van der Waals surface area contributed by atoms with E-state index in [1.807, 2.05) is 11.3 Å². The van der Waals surface area contributed by atoms with Crippen molar-refractivity contribution in [3.63, 3.8) is 0 Å². The number of hydrogen-bond donors (Lipinski definition) is 1. The minimum absolute atomic E-state index is 0.196. The van der Waals surface area contributed by atoms with Gasteiger partial charge in [0, 0.05) is 5.39 Å². The first-order valence-electron chi connectivity index (χ1n) is 6.65. The number of aromatic nitrogens is 3. The molecule has 5 nitrogen and oxygen atoms in total. The number of nitrogens with two attached hydrogens (primary N) is 1. The highest BCUT2D eigenvalue weighted by molar-refractivity contribution is 7.99. The predicted molar refractivity (Wildman–Crippen MR) is 84.6 cm³/mol. The third-order valence-electron chi connectivity index (χ3n) is 3.55. The summed E-state index contributed by atoms with van der Waals surface area (Å²) in [6.07, 6.45) is 0. The molecule has 2 heterocycles. The van der Waals surface area contributed by atoms with E-state index >= 15 is 0 Å². The summed E-state index contributed by atoms with van der Waals surface area (Å²) in [7, 11) is 0. The van der Waals surface area contributed by atoms with Gasteiger partial charge in [-0.2, -0.15) is 0 Å². The molecule has 0 unspecified atom stereocenters. The highest BCUT2D eigenvalue weighted by Gasteiger charge is 2.15. The average molecular weight is 300 g/mol. The largest absolute Gasteiger partial charge is 0.369 e. The van der Waals surface area contributed by atoms with Crippen LogP contribution >= 0.6 is 11.8 Å². The van der Waals surface area contributed by atoms with E-state index in [-0.39, 0.29) is 11.7 Å². The lowest BCUT2D eigenvalue weighted by Gasteiger charge is -2.11. The highest BCUT2D eigenvalue weighted by Crippen LogP contribution is 2.29. The number of amides is 1. The Kier molecular flexibility index (Phi) is 3.33. The fourth-order valence-electron chi connectivity index (χ4n) is 2.53. The van der Waals surface area contributed by atoms with Crippen molar-refractivity contribution in [3.05, 3.63) is 34.9 Å². The molecular formula is C15H16N4OS. The lowest BCUT2D eigenvalue weighted by Crippen LogP contribution is -2.13. The molecule has 0 fully saturated rings. The van der Waals surface area contributed by atoms with Gasteiger partial charge in [0.25, 0.3) is 0 Å². The number of hydrogen-bond acceptors (Lipinski definition) is 4. The van der Waals surface area contributed by atoms with Crippen molar-refractivity contribution in [3.8, 4) is 0 Å². The van der Waals surface area contributed by atoms with Gasteiger partial charge in [0.15, 0.2) is 10.8 Å². The van der Waals surface area contributed by atoms with Crippen LogP contribution in [0.4, 0.5) is 0 Å². The molecule has 0 aliphatic heterocycles. The molecule has 0 saturated carbocycles. The Bertz CT molecular complexity index is 869. The van der Waals surface area contributed by atoms with Crippen LogP contribution in [0.15, 0.2) is 23.4 Å². The Morgan fingerprint density at radius 1 is 1.19 bits per heavy atom. The molecule has 2 aromatic heterocycles. The number of aryl methyl sites for hydroxylation is 3. The zero-order chi connectivity index (χ0) is 15.1. The summed E-state index contributed by atoms with van der Waals surface area (Å²) in [6.45, 7) is 6.18. The molecule has 0 aliphatic rings. The molecule has 0 spiro atoms. The maximum absolute atomic E-state index is 11.0. The summed E-state index contributed by atoms with van der Waals surface area (Å²) < 4.78 is 2.03. The van der Waals surface area contributed by atoms with Crippen LogP contribution in [0.5, 0.6) is 0 Å².